The zero-order chi connectivity index (χ0) is 22.4. The predicted molar refractivity (Wildman–Crippen MR) is 119 cm³/mol. The SMILES string of the molecule is COCc1cccc(CNC(=O)c2ccc(OC)c(S(=O)(=O)N3CCCCC3C)c2)c1. The van der Waals surface area contributed by atoms with E-state index in [0.29, 0.717) is 19.7 Å². The molecule has 0 aromatic heterocycles. The van der Waals surface area contributed by atoms with Gasteiger partial charge in [-0.25, -0.2) is 8.42 Å². The van der Waals surface area contributed by atoms with Crippen molar-refractivity contribution in [2.45, 2.75) is 50.3 Å². The van der Waals surface area contributed by atoms with Crippen LogP contribution in [0.2, 0.25) is 0 Å². The van der Waals surface area contributed by atoms with Gasteiger partial charge in [0, 0.05) is 31.8 Å². The van der Waals surface area contributed by atoms with Gasteiger partial charge in [-0.1, -0.05) is 30.7 Å². The first-order valence-electron chi connectivity index (χ1n) is 10.4. The maximum atomic E-state index is 13.3. The molecule has 8 heteroatoms. The Morgan fingerprint density at radius 2 is 1.90 bits per heavy atom. The first kappa shape index (κ1) is 23.2. The van der Waals surface area contributed by atoms with Gasteiger partial charge in [-0.2, -0.15) is 4.31 Å². The number of carbonyl (C=O) groups excluding carboxylic acids is 1. The Morgan fingerprint density at radius 3 is 2.61 bits per heavy atom. The molecule has 168 valence electrons. The van der Waals surface area contributed by atoms with E-state index in [4.69, 9.17) is 9.47 Å². The lowest BCUT2D eigenvalue weighted by molar-refractivity contribution is 0.0950. The average Bonchev–Trinajstić information content (AvgIpc) is 2.77. The summed E-state index contributed by atoms with van der Waals surface area (Å²) >= 11 is 0. The molecule has 3 rings (SSSR count). The fourth-order valence-corrected chi connectivity index (χ4v) is 5.74. The van der Waals surface area contributed by atoms with Crippen molar-refractivity contribution < 1.29 is 22.7 Å². The van der Waals surface area contributed by atoms with Crippen LogP contribution < -0.4 is 10.1 Å². The van der Waals surface area contributed by atoms with Crippen molar-refractivity contribution in [3.63, 3.8) is 0 Å². The number of ether oxygens (including phenoxy) is 2. The summed E-state index contributed by atoms with van der Waals surface area (Å²) in [4.78, 5) is 12.8. The first-order valence-corrected chi connectivity index (χ1v) is 11.9. The third-order valence-electron chi connectivity index (χ3n) is 5.51. The van der Waals surface area contributed by atoms with Crippen molar-refractivity contribution >= 4 is 15.9 Å². The summed E-state index contributed by atoms with van der Waals surface area (Å²) in [5, 5.41) is 2.86. The molecule has 1 saturated heterocycles. The van der Waals surface area contributed by atoms with Gasteiger partial charge in [0.15, 0.2) is 0 Å². The highest BCUT2D eigenvalue weighted by Gasteiger charge is 2.33. The second-order valence-electron chi connectivity index (χ2n) is 7.76. The maximum absolute atomic E-state index is 13.3. The Morgan fingerprint density at radius 1 is 1.13 bits per heavy atom. The molecule has 0 bridgehead atoms. The third-order valence-corrected chi connectivity index (χ3v) is 7.54. The van der Waals surface area contributed by atoms with E-state index in [9.17, 15) is 13.2 Å². The summed E-state index contributed by atoms with van der Waals surface area (Å²) in [6, 6.07) is 12.2. The molecule has 1 aliphatic rings. The molecule has 0 aliphatic carbocycles. The molecular formula is C23H30N2O5S. The molecule has 0 spiro atoms. The minimum atomic E-state index is -3.77. The van der Waals surface area contributed by atoms with E-state index < -0.39 is 10.0 Å². The highest BCUT2D eigenvalue weighted by atomic mass is 32.2. The van der Waals surface area contributed by atoms with E-state index >= 15 is 0 Å². The van der Waals surface area contributed by atoms with Crippen LogP contribution in [0.1, 0.15) is 47.7 Å². The Kier molecular flexibility index (Phi) is 7.69. The number of hydrogen-bond acceptors (Lipinski definition) is 5. The van der Waals surface area contributed by atoms with Gasteiger partial charge in [-0.05, 0) is 49.1 Å². The Labute approximate surface area is 184 Å². The molecule has 1 amide bonds. The Hall–Kier alpha value is -2.42. The van der Waals surface area contributed by atoms with Gasteiger partial charge in [0.05, 0.1) is 13.7 Å². The predicted octanol–water partition coefficient (Wildman–Crippen LogP) is 3.33. The standard InChI is InChI=1S/C23H30N2O5S/c1-17-7-4-5-12-25(17)31(27,28)22-14-20(10-11-21(22)30-3)23(26)24-15-18-8-6-9-19(13-18)16-29-2/h6,8-11,13-14,17H,4-5,7,12,15-16H2,1-3H3,(H,24,26). The Bertz CT molecular complexity index is 1020. The van der Waals surface area contributed by atoms with Gasteiger partial charge in [-0.3, -0.25) is 4.79 Å². The highest BCUT2D eigenvalue weighted by Crippen LogP contribution is 2.31. The van der Waals surface area contributed by atoms with E-state index in [1.807, 2.05) is 31.2 Å². The summed E-state index contributed by atoms with van der Waals surface area (Å²) in [6.07, 6.45) is 2.66. The number of rotatable bonds is 8. The van der Waals surface area contributed by atoms with Crippen LogP contribution in [-0.4, -0.2) is 45.4 Å². The zero-order valence-electron chi connectivity index (χ0n) is 18.3. The monoisotopic (exact) mass is 446 g/mol. The van der Waals surface area contributed by atoms with E-state index in [-0.39, 0.29) is 28.2 Å². The smallest absolute Gasteiger partial charge is 0.251 e. The van der Waals surface area contributed by atoms with Crippen LogP contribution in [0.15, 0.2) is 47.4 Å². The molecular weight excluding hydrogens is 416 g/mol. The maximum Gasteiger partial charge on any atom is 0.251 e. The van der Waals surface area contributed by atoms with Crippen LogP contribution in [0.25, 0.3) is 0 Å². The number of hydrogen-bond donors (Lipinski definition) is 1. The topological polar surface area (TPSA) is 84.9 Å². The number of carbonyl (C=O) groups is 1. The van der Waals surface area contributed by atoms with E-state index in [1.54, 1.807) is 13.2 Å². The summed E-state index contributed by atoms with van der Waals surface area (Å²) in [6.45, 7) is 3.21. The quantitative estimate of drug-likeness (QED) is 0.672. The molecule has 31 heavy (non-hydrogen) atoms. The molecule has 1 fully saturated rings. The molecule has 1 heterocycles. The van der Waals surface area contributed by atoms with E-state index in [1.165, 1.54) is 23.5 Å². The number of nitrogens with zero attached hydrogens (tertiary/aromatic N) is 1. The van der Waals surface area contributed by atoms with Crippen molar-refractivity contribution in [1.29, 1.82) is 0 Å². The molecule has 2 aromatic rings. The van der Waals surface area contributed by atoms with Gasteiger partial charge < -0.3 is 14.8 Å². The molecule has 1 N–H and O–H groups in total. The van der Waals surface area contributed by atoms with Crippen LogP contribution in [0.3, 0.4) is 0 Å². The minimum Gasteiger partial charge on any atom is -0.495 e. The minimum absolute atomic E-state index is 0.0264. The van der Waals surface area contributed by atoms with Crippen LogP contribution in [0.5, 0.6) is 5.75 Å². The van der Waals surface area contributed by atoms with E-state index in [2.05, 4.69) is 5.32 Å². The number of amides is 1. The number of benzene rings is 2. The summed E-state index contributed by atoms with van der Waals surface area (Å²) in [7, 11) is -0.710. The molecule has 1 unspecified atom stereocenters. The average molecular weight is 447 g/mol. The lowest BCUT2D eigenvalue weighted by Gasteiger charge is -2.32. The van der Waals surface area contributed by atoms with Crippen molar-refractivity contribution in [2.24, 2.45) is 0 Å². The Balaban J connectivity index is 1.81. The van der Waals surface area contributed by atoms with Gasteiger partial charge in [-0.15, -0.1) is 0 Å². The summed E-state index contributed by atoms with van der Waals surface area (Å²) < 4.78 is 38.6. The second kappa shape index (κ2) is 10.3. The summed E-state index contributed by atoms with van der Waals surface area (Å²) in [5.74, 6) is -0.107. The molecule has 1 aliphatic heterocycles. The normalized spacial score (nSPS) is 17.3. The van der Waals surface area contributed by atoms with Crippen LogP contribution >= 0.6 is 0 Å². The number of sulfonamides is 1. The third kappa shape index (κ3) is 5.44. The second-order valence-corrected chi connectivity index (χ2v) is 9.62. The van der Waals surface area contributed by atoms with Crippen molar-refractivity contribution in [3.8, 4) is 5.75 Å². The molecule has 7 nitrogen and oxygen atoms in total. The van der Waals surface area contributed by atoms with Gasteiger partial charge in [0.1, 0.15) is 10.6 Å². The van der Waals surface area contributed by atoms with Crippen molar-refractivity contribution in [1.82, 2.24) is 9.62 Å². The van der Waals surface area contributed by atoms with Gasteiger partial charge in [0.2, 0.25) is 10.0 Å². The van der Waals surface area contributed by atoms with E-state index in [0.717, 1.165) is 30.4 Å². The number of methoxy groups -OCH3 is 2. The first-order chi connectivity index (χ1) is 14.9. The molecule has 2 aromatic carbocycles. The molecule has 0 saturated carbocycles. The molecule has 1 atom stereocenters. The fraction of sp³-hybridized carbons (Fsp3) is 0.435. The van der Waals surface area contributed by atoms with Crippen molar-refractivity contribution in [3.05, 3.63) is 59.2 Å². The lowest BCUT2D eigenvalue weighted by Crippen LogP contribution is -2.42. The lowest BCUT2D eigenvalue weighted by atomic mass is 10.1. The number of piperidine rings is 1. The van der Waals surface area contributed by atoms with Gasteiger partial charge >= 0.3 is 0 Å². The van der Waals surface area contributed by atoms with Gasteiger partial charge in [0.25, 0.3) is 5.91 Å². The van der Waals surface area contributed by atoms with Crippen molar-refractivity contribution in [2.75, 3.05) is 20.8 Å². The van der Waals surface area contributed by atoms with Crippen LogP contribution in [0.4, 0.5) is 0 Å². The summed E-state index contributed by atoms with van der Waals surface area (Å²) in [5.41, 5.74) is 2.23. The highest BCUT2D eigenvalue weighted by molar-refractivity contribution is 7.89. The fourth-order valence-electron chi connectivity index (χ4n) is 3.86. The number of nitrogens with one attached hydrogen (secondary N) is 1. The zero-order valence-corrected chi connectivity index (χ0v) is 19.1. The molecule has 0 radical (unpaired) electrons. The largest absolute Gasteiger partial charge is 0.495 e. The van der Waals surface area contributed by atoms with Crippen LogP contribution in [-0.2, 0) is 27.9 Å². The van der Waals surface area contributed by atoms with Crippen LogP contribution in [0, 0.1) is 0 Å².